The molecule has 4 rings (SSSR count). The van der Waals surface area contributed by atoms with E-state index in [9.17, 15) is 9.59 Å². The molecule has 0 unspecified atom stereocenters. The Balaban J connectivity index is 1.48. The number of carbonyl (C=O) groups excluding carboxylic acids is 1. The molecule has 1 saturated carbocycles. The Morgan fingerprint density at radius 1 is 1.07 bits per heavy atom. The largest absolute Gasteiger partial charge is 0.482 e. The van der Waals surface area contributed by atoms with Crippen molar-refractivity contribution in [1.29, 1.82) is 0 Å². The maximum Gasteiger partial charge on any atom is 0.344 e. The van der Waals surface area contributed by atoms with Gasteiger partial charge in [0.25, 0.3) is 0 Å². The molecule has 0 saturated heterocycles. The lowest BCUT2D eigenvalue weighted by Crippen LogP contribution is -2.24. The smallest absolute Gasteiger partial charge is 0.344 e. The molecule has 0 N–H and O–H groups in total. The van der Waals surface area contributed by atoms with Gasteiger partial charge < -0.3 is 13.9 Å². The van der Waals surface area contributed by atoms with Gasteiger partial charge in [-0.15, -0.1) is 0 Å². The number of hydrogen-bond donors (Lipinski definition) is 0. The molecule has 1 aliphatic rings. The predicted octanol–water partition coefficient (Wildman–Crippen LogP) is 5.37. The van der Waals surface area contributed by atoms with E-state index in [2.05, 4.69) is 0 Å². The monoisotopic (exact) mass is 412 g/mol. The summed E-state index contributed by atoms with van der Waals surface area (Å²) in [7, 11) is 0. The first-order valence-corrected chi connectivity index (χ1v) is 10.1. The summed E-state index contributed by atoms with van der Waals surface area (Å²) in [6, 6.07) is 12.0. The van der Waals surface area contributed by atoms with Gasteiger partial charge in [0.15, 0.2) is 6.61 Å². The summed E-state index contributed by atoms with van der Waals surface area (Å²) in [5.74, 6) is 0.0549. The second-order valence-corrected chi connectivity index (χ2v) is 7.56. The molecule has 1 aromatic heterocycles. The molecular formula is C23H21ClO5. The minimum atomic E-state index is -0.382. The van der Waals surface area contributed by atoms with Gasteiger partial charge in [0.1, 0.15) is 23.7 Å². The predicted molar refractivity (Wildman–Crippen MR) is 111 cm³/mol. The number of halogens is 1. The topological polar surface area (TPSA) is 65.7 Å². The van der Waals surface area contributed by atoms with E-state index in [1.54, 1.807) is 36.4 Å². The van der Waals surface area contributed by atoms with E-state index in [0.717, 1.165) is 25.7 Å². The van der Waals surface area contributed by atoms with Gasteiger partial charge in [-0.25, -0.2) is 4.79 Å². The van der Waals surface area contributed by atoms with Crippen LogP contribution in [0.3, 0.4) is 0 Å². The van der Waals surface area contributed by atoms with Crippen LogP contribution in [0.15, 0.2) is 57.9 Å². The van der Waals surface area contributed by atoms with Gasteiger partial charge in [0, 0.05) is 16.7 Å². The normalized spacial score (nSPS) is 14.7. The molecule has 1 heterocycles. The summed E-state index contributed by atoms with van der Waals surface area (Å²) in [5, 5.41) is 0.898. The molecule has 0 radical (unpaired) electrons. The lowest BCUT2D eigenvalue weighted by Gasteiger charge is -2.21. The van der Waals surface area contributed by atoms with Crippen LogP contribution < -0.4 is 10.2 Å². The van der Waals surface area contributed by atoms with Crippen molar-refractivity contribution in [3.05, 3.63) is 64.0 Å². The molecule has 0 atom stereocenters. The van der Waals surface area contributed by atoms with Crippen molar-refractivity contribution in [3.8, 4) is 16.9 Å². The van der Waals surface area contributed by atoms with E-state index in [-0.39, 0.29) is 24.1 Å². The van der Waals surface area contributed by atoms with Crippen molar-refractivity contribution in [1.82, 2.24) is 0 Å². The molecule has 0 bridgehead atoms. The fourth-order valence-corrected chi connectivity index (χ4v) is 3.85. The van der Waals surface area contributed by atoms with Crippen LogP contribution in [0.1, 0.15) is 32.1 Å². The summed E-state index contributed by atoms with van der Waals surface area (Å²) >= 11 is 6.20. The van der Waals surface area contributed by atoms with Crippen molar-refractivity contribution in [3.63, 3.8) is 0 Å². The van der Waals surface area contributed by atoms with Crippen LogP contribution in [0.2, 0.25) is 5.02 Å². The van der Waals surface area contributed by atoms with Crippen LogP contribution in [0.5, 0.6) is 5.75 Å². The number of esters is 1. The van der Waals surface area contributed by atoms with Gasteiger partial charge in [0.2, 0.25) is 5.43 Å². The van der Waals surface area contributed by atoms with Crippen LogP contribution >= 0.6 is 11.6 Å². The van der Waals surface area contributed by atoms with Crippen molar-refractivity contribution >= 4 is 28.5 Å². The van der Waals surface area contributed by atoms with Crippen LogP contribution in [0.4, 0.5) is 0 Å². The number of fused-ring (bicyclic) bond motifs is 1. The van der Waals surface area contributed by atoms with Crippen LogP contribution in [-0.4, -0.2) is 18.7 Å². The number of carbonyl (C=O) groups is 1. The van der Waals surface area contributed by atoms with Crippen LogP contribution in [-0.2, 0) is 9.53 Å². The molecule has 29 heavy (non-hydrogen) atoms. The third kappa shape index (κ3) is 4.46. The van der Waals surface area contributed by atoms with Crippen LogP contribution in [0, 0.1) is 0 Å². The average Bonchev–Trinajstić information content (AvgIpc) is 2.74. The second kappa shape index (κ2) is 8.70. The first kappa shape index (κ1) is 19.5. The number of benzene rings is 2. The lowest BCUT2D eigenvalue weighted by molar-refractivity contribution is -0.152. The Hall–Kier alpha value is -2.79. The maximum absolute atomic E-state index is 12.8. The Bertz CT molecular complexity index is 1080. The van der Waals surface area contributed by atoms with Crippen molar-refractivity contribution in [2.24, 2.45) is 0 Å². The van der Waals surface area contributed by atoms with E-state index < -0.39 is 0 Å². The number of rotatable bonds is 5. The SMILES string of the molecule is O=C(COc1ccc2c(=O)c(-c3ccccc3Cl)coc2c1)OC1CCCCC1. The molecule has 6 heteroatoms. The highest BCUT2D eigenvalue weighted by molar-refractivity contribution is 6.33. The van der Waals surface area contributed by atoms with Crippen molar-refractivity contribution < 1.29 is 18.7 Å². The highest BCUT2D eigenvalue weighted by Gasteiger charge is 2.18. The fourth-order valence-electron chi connectivity index (χ4n) is 3.61. The minimum Gasteiger partial charge on any atom is -0.482 e. The zero-order valence-electron chi connectivity index (χ0n) is 15.9. The van der Waals surface area contributed by atoms with Gasteiger partial charge >= 0.3 is 5.97 Å². The van der Waals surface area contributed by atoms with Crippen LogP contribution in [0.25, 0.3) is 22.1 Å². The summed E-state index contributed by atoms with van der Waals surface area (Å²) in [6.07, 6.45) is 6.62. The summed E-state index contributed by atoms with van der Waals surface area (Å²) < 4.78 is 16.6. The zero-order valence-corrected chi connectivity index (χ0v) is 16.6. The summed E-state index contributed by atoms with van der Waals surface area (Å²) in [6.45, 7) is -0.177. The first-order chi connectivity index (χ1) is 14.1. The molecule has 2 aromatic carbocycles. The first-order valence-electron chi connectivity index (χ1n) is 9.74. The molecule has 1 aliphatic carbocycles. The molecule has 0 aliphatic heterocycles. The van der Waals surface area contributed by atoms with Crippen molar-refractivity contribution in [2.75, 3.05) is 6.61 Å². The van der Waals surface area contributed by atoms with Gasteiger partial charge in [-0.2, -0.15) is 0 Å². The molecule has 0 spiro atoms. The fraction of sp³-hybridized carbons (Fsp3) is 0.304. The quantitative estimate of drug-likeness (QED) is 0.527. The third-order valence-electron chi connectivity index (χ3n) is 5.12. The Kier molecular flexibility index (Phi) is 5.86. The maximum atomic E-state index is 12.8. The lowest BCUT2D eigenvalue weighted by atomic mass is 9.98. The van der Waals surface area contributed by atoms with Gasteiger partial charge in [-0.3, -0.25) is 4.79 Å². The average molecular weight is 413 g/mol. The third-order valence-corrected chi connectivity index (χ3v) is 5.45. The molecule has 3 aromatic rings. The zero-order chi connectivity index (χ0) is 20.2. The van der Waals surface area contributed by atoms with E-state index in [4.69, 9.17) is 25.5 Å². The van der Waals surface area contributed by atoms with E-state index in [1.165, 1.54) is 12.7 Å². The summed E-state index contributed by atoms with van der Waals surface area (Å²) in [4.78, 5) is 24.8. The standard InChI is InChI=1S/C23H21ClO5/c24-20-9-5-4-8-17(20)19-13-28-21-12-16(10-11-18(21)23(19)26)27-14-22(25)29-15-6-2-1-3-7-15/h4-5,8-13,15H,1-3,6-7,14H2. The van der Waals surface area contributed by atoms with Gasteiger partial charge in [0.05, 0.1) is 10.9 Å². The van der Waals surface area contributed by atoms with Gasteiger partial charge in [-0.05, 0) is 43.9 Å². The van der Waals surface area contributed by atoms with Gasteiger partial charge in [-0.1, -0.05) is 36.2 Å². The molecule has 5 nitrogen and oxygen atoms in total. The summed E-state index contributed by atoms with van der Waals surface area (Å²) in [5.41, 5.74) is 1.22. The number of ether oxygens (including phenoxy) is 2. The Labute approximate surface area is 173 Å². The second-order valence-electron chi connectivity index (χ2n) is 7.15. The van der Waals surface area contributed by atoms with E-state index >= 15 is 0 Å². The molecule has 150 valence electrons. The van der Waals surface area contributed by atoms with E-state index in [1.807, 2.05) is 6.07 Å². The minimum absolute atomic E-state index is 0.00212. The number of hydrogen-bond acceptors (Lipinski definition) is 5. The Morgan fingerprint density at radius 3 is 2.66 bits per heavy atom. The molecule has 0 amide bonds. The highest BCUT2D eigenvalue weighted by atomic mass is 35.5. The molecular weight excluding hydrogens is 392 g/mol. The Morgan fingerprint density at radius 2 is 1.86 bits per heavy atom. The molecule has 1 fully saturated rings. The van der Waals surface area contributed by atoms with Crippen molar-refractivity contribution in [2.45, 2.75) is 38.2 Å². The highest BCUT2D eigenvalue weighted by Crippen LogP contribution is 2.28. The van der Waals surface area contributed by atoms with E-state index in [0.29, 0.717) is 32.9 Å².